The van der Waals surface area contributed by atoms with Crippen molar-refractivity contribution < 1.29 is 22.7 Å². The van der Waals surface area contributed by atoms with Gasteiger partial charge in [0.1, 0.15) is 5.82 Å². The number of aliphatic hydroxyl groups is 1. The SMILES string of the molecule is OC(CSc1ccccc1)c1ccc(F)c(C(F)(F)F)c1. The zero-order valence-corrected chi connectivity index (χ0v) is 11.6. The molecule has 0 radical (unpaired) electrons. The molecular formula is C15H12F4OS. The minimum Gasteiger partial charge on any atom is -0.388 e. The summed E-state index contributed by atoms with van der Waals surface area (Å²) in [6, 6.07) is 11.7. The maximum atomic E-state index is 13.2. The van der Waals surface area contributed by atoms with Crippen molar-refractivity contribution in [2.45, 2.75) is 17.2 Å². The van der Waals surface area contributed by atoms with Gasteiger partial charge in [0, 0.05) is 10.6 Å². The molecule has 0 aliphatic rings. The van der Waals surface area contributed by atoms with E-state index in [0.29, 0.717) is 6.07 Å². The number of rotatable bonds is 4. The second-order valence-electron chi connectivity index (χ2n) is 4.38. The van der Waals surface area contributed by atoms with Crippen LogP contribution in [0, 0.1) is 5.82 Å². The second-order valence-corrected chi connectivity index (χ2v) is 5.47. The summed E-state index contributed by atoms with van der Waals surface area (Å²) in [7, 11) is 0. The molecule has 0 amide bonds. The molecule has 0 heterocycles. The molecule has 0 saturated heterocycles. The molecule has 112 valence electrons. The molecule has 0 aromatic heterocycles. The van der Waals surface area contributed by atoms with Crippen molar-refractivity contribution in [3.8, 4) is 0 Å². The molecule has 0 aliphatic carbocycles. The zero-order valence-electron chi connectivity index (χ0n) is 10.8. The van der Waals surface area contributed by atoms with Crippen molar-refractivity contribution in [1.29, 1.82) is 0 Å². The van der Waals surface area contributed by atoms with Crippen LogP contribution in [0.25, 0.3) is 0 Å². The number of hydrogen-bond acceptors (Lipinski definition) is 2. The highest BCUT2D eigenvalue weighted by molar-refractivity contribution is 7.99. The van der Waals surface area contributed by atoms with Crippen LogP contribution in [0.4, 0.5) is 17.6 Å². The molecule has 2 aromatic rings. The Kier molecular flexibility index (Phi) is 4.90. The van der Waals surface area contributed by atoms with Gasteiger partial charge in [-0.25, -0.2) is 4.39 Å². The van der Waals surface area contributed by atoms with E-state index < -0.39 is 23.7 Å². The van der Waals surface area contributed by atoms with Gasteiger partial charge in [0.25, 0.3) is 0 Å². The predicted octanol–water partition coefficient (Wildman–Crippen LogP) is 4.67. The van der Waals surface area contributed by atoms with E-state index in [1.807, 2.05) is 30.3 Å². The Bertz CT molecular complexity index is 598. The number of thioether (sulfide) groups is 1. The third-order valence-electron chi connectivity index (χ3n) is 2.83. The van der Waals surface area contributed by atoms with Crippen LogP contribution in [0.5, 0.6) is 0 Å². The maximum Gasteiger partial charge on any atom is 0.419 e. The van der Waals surface area contributed by atoms with E-state index in [9.17, 15) is 22.7 Å². The summed E-state index contributed by atoms with van der Waals surface area (Å²) in [5, 5.41) is 9.95. The van der Waals surface area contributed by atoms with Crippen LogP contribution in [0.2, 0.25) is 0 Å². The van der Waals surface area contributed by atoms with Gasteiger partial charge in [0.05, 0.1) is 11.7 Å². The summed E-state index contributed by atoms with van der Waals surface area (Å²) in [6.45, 7) is 0. The molecule has 2 aromatic carbocycles. The van der Waals surface area contributed by atoms with Gasteiger partial charge >= 0.3 is 6.18 Å². The molecule has 0 spiro atoms. The van der Waals surface area contributed by atoms with Gasteiger partial charge in [-0.15, -0.1) is 11.8 Å². The molecule has 1 N–H and O–H groups in total. The smallest absolute Gasteiger partial charge is 0.388 e. The van der Waals surface area contributed by atoms with Gasteiger partial charge < -0.3 is 5.11 Å². The number of hydrogen-bond donors (Lipinski definition) is 1. The summed E-state index contributed by atoms with van der Waals surface area (Å²) in [4.78, 5) is 0.898. The van der Waals surface area contributed by atoms with Gasteiger partial charge in [-0.2, -0.15) is 13.2 Å². The van der Waals surface area contributed by atoms with Gasteiger partial charge in [0.2, 0.25) is 0 Å². The molecular weight excluding hydrogens is 304 g/mol. The van der Waals surface area contributed by atoms with Crippen LogP contribution >= 0.6 is 11.8 Å². The average molecular weight is 316 g/mol. The van der Waals surface area contributed by atoms with Crippen molar-refractivity contribution >= 4 is 11.8 Å². The van der Waals surface area contributed by atoms with Crippen LogP contribution in [0.1, 0.15) is 17.2 Å². The van der Waals surface area contributed by atoms with Gasteiger partial charge in [0.15, 0.2) is 0 Å². The summed E-state index contributed by atoms with van der Waals surface area (Å²) < 4.78 is 51.0. The Labute approximate surface area is 123 Å². The Morgan fingerprint density at radius 1 is 1.05 bits per heavy atom. The highest BCUT2D eigenvalue weighted by Crippen LogP contribution is 2.34. The lowest BCUT2D eigenvalue weighted by Crippen LogP contribution is -2.10. The van der Waals surface area contributed by atoms with E-state index in [1.54, 1.807) is 0 Å². The first-order chi connectivity index (χ1) is 9.88. The molecule has 0 saturated carbocycles. The molecule has 2 rings (SSSR count). The average Bonchev–Trinajstić information content (AvgIpc) is 2.45. The minimum atomic E-state index is -4.77. The highest BCUT2D eigenvalue weighted by Gasteiger charge is 2.34. The quantitative estimate of drug-likeness (QED) is 0.653. The van der Waals surface area contributed by atoms with Crippen LogP contribution in [0.3, 0.4) is 0 Å². The van der Waals surface area contributed by atoms with E-state index in [1.165, 1.54) is 17.8 Å². The van der Waals surface area contributed by atoms with E-state index in [4.69, 9.17) is 0 Å². The van der Waals surface area contributed by atoms with E-state index in [0.717, 1.165) is 11.0 Å². The van der Waals surface area contributed by atoms with Gasteiger partial charge in [-0.05, 0) is 29.8 Å². The fourth-order valence-corrected chi connectivity index (χ4v) is 2.65. The fraction of sp³-hybridized carbons (Fsp3) is 0.200. The largest absolute Gasteiger partial charge is 0.419 e. The Balaban J connectivity index is 2.11. The number of alkyl halides is 3. The summed E-state index contributed by atoms with van der Waals surface area (Å²) in [6.07, 6.45) is -5.87. The summed E-state index contributed by atoms with van der Waals surface area (Å²) in [5.41, 5.74) is -1.31. The fourth-order valence-electron chi connectivity index (χ4n) is 1.76. The topological polar surface area (TPSA) is 20.2 Å². The molecule has 0 bridgehead atoms. The van der Waals surface area contributed by atoms with Crippen LogP contribution < -0.4 is 0 Å². The van der Waals surface area contributed by atoms with Gasteiger partial charge in [-0.3, -0.25) is 0 Å². The zero-order chi connectivity index (χ0) is 15.5. The predicted molar refractivity (Wildman–Crippen MR) is 73.5 cm³/mol. The summed E-state index contributed by atoms with van der Waals surface area (Å²) in [5.74, 6) is -1.15. The molecule has 0 aliphatic heterocycles. The van der Waals surface area contributed by atoms with E-state index in [2.05, 4.69) is 0 Å². The normalized spacial score (nSPS) is 13.2. The van der Waals surface area contributed by atoms with E-state index in [-0.39, 0.29) is 11.3 Å². The lowest BCUT2D eigenvalue weighted by atomic mass is 10.1. The van der Waals surface area contributed by atoms with Crippen molar-refractivity contribution in [3.05, 3.63) is 65.5 Å². The Morgan fingerprint density at radius 3 is 2.33 bits per heavy atom. The molecule has 0 fully saturated rings. The monoisotopic (exact) mass is 316 g/mol. The lowest BCUT2D eigenvalue weighted by molar-refractivity contribution is -0.140. The van der Waals surface area contributed by atoms with Crippen LogP contribution in [-0.4, -0.2) is 10.9 Å². The Hall–Kier alpha value is -1.53. The van der Waals surface area contributed by atoms with Crippen molar-refractivity contribution in [3.63, 3.8) is 0 Å². The number of halogens is 4. The van der Waals surface area contributed by atoms with Crippen LogP contribution in [0.15, 0.2) is 53.4 Å². The molecule has 6 heteroatoms. The highest BCUT2D eigenvalue weighted by atomic mass is 32.2. The molecule has 1 atom stereocenters. The molecule has 1 nitrogen and oxygen atoms in total. The lowest BCUT2D eigenvalue weighted by Gasteiger charge is -2.14. The third kappa shape index (κ3) is 4.22. The number of aliphatic hydroxyl groups excluding tert-OH is 1. The number of benzene rings is 2. The second kappa shape index (κ2) is 6.49. The standard InChI is InChI=1S/C15H12F4OS/c16-13-7-6-10(8-12(13)15(17,18)19)14(20)9-21-11-4-2-1-3-5-11/h1-8,14,20H,9H2. The van der Waals surface area contributed by atoms with Gasteiger partial charge in [-0.1, -0.05) is 24.3 Å². The minimum absolute atomic E-state index is 0.0483. The van der Waals surface area contributed by atoms with Crippen LogP contribution in [-0.2, 0) is 6.18 Å². The van der Waals surface area contributed by atoms with E-state index >= 15 is 0 Å². The molecule has 21 heavy (non-hydrogen) atoms. The first-order valence-corrected chi connectivity index (χ1v) is 7.09. The first kappa shape index (κ1) is 15.9. The van der Waals surface area contributed by atoms with Crippen molar-refractivity contribution in [2.24, 2.45) is 0 Å². The Morgan fingerprint density at radius 2 is 1.71 bits per heavy atom. The first-order valence-electron chi connectivity index (χ1n) is 6.10. The van der Waals surface area contributed by atoms with Crippen molar-refractivity contribution in [2.75, 3.05) is 5.75 Å². The maximum absolute atomic E-state index is 13.2. The van der Waals surface area contributed by atoms with Crippen molar-refractivity contribution in [1.82, 2.24) is 0 Å². The summed E-state index contributed by atoms with van der Waals surface area (Å²) >= 11 is 1.32. The molecule has 1 unspecified atom stereocenters. The third-order valence-corrected chi connectivity index (χ3v) is 3.92.